The Labute approximate surface area is 131 Å². The van der Waals surface area contributed by atoms with E-state index in [0.717, 1.165) is 48.9 Å². The summed E-state index contributed by atoms with van der Waals surface area (Å²) in [7, 11) is 2.02. The van der Waals surface area contributed by atoms with Gasteiger partial charge in [-0.15, -0.1) is 12.4 Å². The molecule has 1 fully saturated rings. The van der Waals surface area contributed by atoms with Gasteiger partial charge in [0.2, 0.25) is 0 Å². The summed E-state index contributed by atoms with van der Waals surface area (Å²) in [4.78, 5) is 6.80. The fourth-order valence-corrected chi connectivity index (χ4v) is 2.97. The lowest BCUT2D eigenvalue weighted by Crippen LogP contribution is -2.40. The van der Waals surface area contributed by atoms with Crippen molar-refractivity contribution in [2.45, 2.75) is 25.4 Å². The van der Waals surface area contributed by atoms with Crippen molar-refractivity contribution in [2.75, 3.05) is 20.1 Å². The van der Waals surface area contributed by atoms with Gasteiger partial charge in [-0.3, -0.25) is 9.88 Å². The molecular weight excluding hydrogens is 289 g/mol. The van der Waals surface area contributed by atoms with Crippen LogP contribution in [0.1, 0.15) is 18.4 Å². The van der Waals surface area contributed by atoms with Crippen molar-refractivity contribution >= 4 is 23.3 Å². The van der Waals surface area contributed by atoms with Crippen molar-refractivity contribution in [3.63, 3.8) is 0 Å². The predicted octanol–water partition coefficient (Wildman–Crippen LogP) is 2.98. The van der Waals surface area contributed by atoms with Crippen LogP contribution in [0.3, 0.4) is 0 Å². The van der Waals surface area contributed by atoms with Gasteiger partial charge in [-0.2, -0.15) is 0 Å². The molecular formula is C16H21ClFN3. The van der Waals surface area contributed by atoms with Gasteiger partial charge in [0.05, 0.1) is 5.52 Å². The Kier molecular flexibility index (Phi) is 5.51. The maximum atomic E-state index is 13.7. The third-order valence-corrected chi connectivity index (χ3v) is 4.14. The minimum absolute atomic E-state index is 0. The molecule has 0 bridgehead atoms. The zero-order valence-electron chi connectivity index (χ0n) is 12.2. The molecule has 1 saturated heterocycles. The Hall–Kier alpha value is -1.23. The molecule has 0 unspecified atom stereocenters. The van der Waals surface area contributed by atoms with E-state index in [0.29, 0.717) is 6.04 Å². The molecule has 1 N–H and O–H groups in total. The van der Waals surface area contributed by atoms with Crippen LogP contribution in [0.5, 0.6) is 0 Å². The SMILES string of the molecule is CNC1CCN(Cc2cc(F)cc3cccnc23)CC1.Cl. The molecule has 1 aliphatic rings. The highest BCUT2D eigenvalue weighted by molar-refractivity contribution is 5.85. The maximum absolute atomic E-state index is 13.7. The van der Waals surface area contributed by atoms with Gasteiger partial charge in [0.1, 0.15) is 5.82 Å². The Morgan fingerprint density at radius 1 is 1.33 bits per heavy atom. The molecule has 0 aliphatic carbocycles. The number of likely N-dealkylation sites (tertiary alicyclic amines) is 1. The number of nitrogens with one attached hydrogen (secondary N) is 1. The summed E-state index contributed by atoms with van der Waals surface area (Å²) in [5.74, 6) is -0.175. The number of fused-ring (bicyclic) bond motifs is 1. The van der Waals surface area contributed by atoms with Crippen LogP contribution in [0.15, 0.2) is 30.5 Å². The number of hydrogen-bond acceptors (Lipinski definition) is 3. The maximum Gasteiger partial charge on any atom is 0.124 e. The van der Waals surface area contributed by atoms with Crippen LogP contribution >= 0.6 is 12.4 Å². The molecule has 0 atom stereocenters. The highest BCUT2D eigenvalue weighted by Crippen LogP contribution is 2.21. The van der Waals surface area contributed by atoms with Gasteiger partial charge in [0.15, 0.2) is 0 Å². The van der Waals surface area contributed by atoms with Gasteiger partial charge in [-0.05, 0) is 56.7 Å². The summed E-state index contributed by atoms with van der Waals surface area (Å²) < 4.78 is 13.7. The largest absolute Gasteiger partial charge is 0.317 e. The molecule has 114 valence electrons. The highest BCUT2D eigenvalue weighted by Gasteiger charge is 2.18. The van der Waals surface area contributed by atoms with Gasteiger partial charge in [0.25, 0.3) is 0 Å². The fourth-order valence-electron chi connectivity index (χ4n) is 2.97. The van der Waals surface area contributed by atoms with Crippen molar-refractivity contribution in [2.24, 2.45) is 0 Å². The van der Waals surface area contributed by atoms with Gasteiger partial charge in [-0.1, -0.05) is 6.07 Å². The van der Waals surface area contributed by atoms with Gasteiger partial charge in [0, 0.05) is 24.2 Å². The number of aromatic nitrogens is 1. The first-order valence-electron chi connectivity index (χ1n) is 7.19. The van der Waals surface area contributed by atoms with Crippen molar-refractivity contribution in [3.05, 3.63) is 41.8 Å². The van der Waals surface area contributed by atoms with E-state index in [2.05, 4.69) is 15.2 Å². The molecule has 0 amide bonds. The molecule has 2 heterocycles. The second-order valence-electron chi connectivity index (χ2n) is 5.48. The number of hydrogen-bond donors (Lipinski definition) is 1. The number of nitrogens with zero attached hydrogens (tertiary/aromatic N) is 2. The van der Waals surface area contributed by atoms with Gasteiger partial charge >= 0.3 is 0 Å². The fraction of sp³-hybridized carbons (Fsp3) is 0.438. The molecule has 3 rings (SSSR count). The quantitative estimate of drug-likeness (QED) is 0.945. The normalized spacial score (nSPS) is 16.9. The molecule has 5 heteroatoms. The lowest BCUT2D eigenvalue weighted by atomic mass is 10.0. The molecule has 2 aromatic rings. The average molecular weight is 310 g/mol. The molecule has 1 aliphatic heterocycles. The van der Waals surface area contributed by atoms with Crippen LogP contribution < -0.4 is 5.32 Å². The first kappa shape index (κ1) is 16.1. The summed E-state index contributed by atoms with van der Waals surface area (Å²) >= 11 is 0. The summed E-state index contributed by atoms with van der Waals surface area (Å²) in [5, 5.41) is 4.21. The number of piperidine rings is 1. The zero-order valence-corrected chi connectivity index (χ0v) is 13.0. The minimum atomic E-state index is -0.175. The summed E-state index contributed by atoms with van der Waals surface area (Å²) in [6.45, 7) is 2.88. The Morgan fingerprint density at radius 3 is 2.81 bits per heavy atom. The molecule has 3 nitrogen and oxygen atoms in total. The zero-order chi connectivity index (χ0) is 13.9. The van der Waals surface area contributed by atoms with Crippen LogP contribution in [-0.2, 0) is 6.54 Å². The average Bonchev–Trinajstić information content (AvgIpc) is 2.48. The smallest absolute Gasteiger partial charge is 0.124 e. The van der Waals surface area contributed by atoms with Crippen molar-refractivity contribution in [1.82, 2.24) is 15.2 Å². The summed E-state index contributed by atoms with van der Waals surface area (Å²) in [5.41, 5.74) is 1.91. The van der Waals surface area contributed by atoms with Crippen molar-refractivity contribution in [3.8, 4) is 0 Å². The van der Waals surface area contributed by atoms with E-state index in [9.17, 15) is 4.39 Å². The minimum Gasteiger partial charge on any atom is -0.317 e. The number of pyridine rings is 1. The Morgan fingerprint density at radius 2 is 2.10 bits per heavy atom. The van der Waals surface area contributed by atoms with Crippen molar-refractivity contribution in [1.29, 1.82) is 0 Å². The van der Waals surface area contributed by atoms with E-state index in [4.69, 9.17) is 0 Å². The molecule has 1 aromatic heterocycles. The molecule has 0 radical (unpaired) electrons. The van der Waals surface area contributed by atoms with Crippen LogP contribution in [0, 0.1) is 5.82 Å². The number of halogens is 2. The number of benzene rings is 1. The predicted molar refractivity (Wildman–Crippen MR) is 86.3 cm³/mol. The Bertz CT molecular complexity index is 597. The summed E-state index contributed by atoms with van der Waals surface area (Å²) in [6.07, 6.45) is 4.07. The second kappa shape index (κ2) is 7.16. The molecule has 0 saturated carbocycles. The van der Waals surface area contributed by atoms with Gasteiger partial charge < -0.3 is 5.32 Å². The Balaban J connectivity index is 0.00000161. The van der Waals surface area contributed by atoms with Crippen LogP contribution in [0.4, 0.5) is 4.39 Å². The topological polar surface area (TPSA) is 28.2 Å². The van der Waals surface area contributed by atoms with E-state index in [1.165, 1.54) is 0 Å². The summed E-state index contributed by atoms with van der Waals surface area (Å²) in [6, 6.07) is 7.57. The lowest BCUT2D eigenvalue weighted by molar-refractivity contribution is 0.195. The third kappa shape index (κ3) is 3.70. The third-order valence-electron chi connectivity index (χ3n) is 4.14. The molecule has 21 heavy (non-hydrogen) atoms. The first-order valence-corrected chi connectivity index (χ1v) is 7.19. The van der Waals surface area contributed by atoms with Crippen LogP contribution in [-0.4, -0.2) is 36.1 Å². The molecule has 1 aromatic carbocycles. The lowest BCUT2D eigenvalue weighted by Gasteiger charge is -2.31. The van der Waals surface area contributed by atoms with Gasteiger partial charge in [-0.25, -0.2) is 4.39 Å². The number of rotatable bonds is 3. The highest BCUT2D eigenvalue weighted by atomic mass is 35.5. The second-order valence-corrected chi connectivity index (χ2v) is 5.48. The standard InChI is InChI=1S/C16H20FN3.ClH/c1-18-15-4-7-20(8-5-15)11-13-10-14(17)9-12-3-2-6-19-16(12)13;/h2-3,6,9-10,15,18H,4-5,7-8,11H2,1H3;1H. The van der Waals surface area contributed by atoms with Crippen LogP contribution in [0.2, 0.25) is 0 Å². The van der Waals surface area contributed by atoms with E-state index in [1.54, 1.807) is 18.3 Å². The molecule has 0 spiro atoms. The monoisotopic (exact) mass is 309 g/mol. The first-order chi connectivity index (χ1) is 9.76. The van der Waals surface area contributed by atoms with E-state index in [-0.39, 0.29) is 18.2 Å². The van der Waals surface area contributed by atoms with E-state index >= 15 is 0 Å². The van der Waals surface area contributed by atoms with E-state index in [1.807, 2.05) is 19.2 Å². The van der Waals surface area contributed by atoms with Crippen molar-refractivity contribution < 1.29 is 4.39 Å². The van der Waals surface area contributed by atoms with E-state index < -0.39 is 0 Å². The van der Waals surface area contributed by atoms with Crippen LogP contribution in [0.25, 0.3) is 10.9 Å².